The molecule has 0 saturated heterocycles. The molecule has 4 aromatic carbocycles. The molecule has 0 aromatic heterocycles. The van der Waals surface area contributed by atoms with Crippen molar-refractivity contribution in [2.75, 3.05) is 0 Å². The van der Waals surface area contributed by atoms with E-state index in [1.807, 2.05) is 121 Å². The first-order valence-electron chi connectivity index (χ1n) is 9.89. The van der Waals surface area contributed by atoms with Gasteiger partial charge in [0.25, 0.3) is 0 Å². The summed E-state index contributed by atoms with van der Waals surface area (Å²) < 4.78 is 19.7. The Morgan fingerprint density at radius 1 is 0.346 bits per heavy atom. The molecule has 0 bridgehead atoms. The Bertz CT molecular complexity index is 847. The van der Waals surface area contributed by atoms with Crippen LogP contribution in [0.3, 0.4) is 0 Å². The average molecular weight is 336 g/mol. The first-order chi connectivity index (χ1) is 13.7. The number of hydrogen-bond acceptors (Lipinski definition) is 0. The number of benzene rings is 4. The molecule has 0 saturated carbocycles. The first kappa shape index (κ1) is 14.1. The molecular formula is C26H22. The van der Waals surface area contributed by atoms with Crippen LogP contribution in [0.1, 0.15) is 36.8 Å². The molecule has 0 fully saturated rings. The highest BCUT2D eigenvalue weighted by molar-refractivity contribution is 5.44. The Hall–Kier alpha value is -3.12. The zero-order chi connectivity index (χ0) is 19.5. The van der Waals surface area contributed by atoms with Gasteiger partial charge in [0.1, 0.15) is 0 Å². The van der Waals surface area contributed by atoms with Gasteiger partial charge in [-0.15, -0.1) is 0 Å². The molecule has 26 heavy (non-hydrogen) atoms. The van der Waals surface area contributed by atoms with Gasteiger partial charge in [-0.05, 0) is 22.3 Å². The Labute approximate surface area is 158 Å². The topological polar surface area (TPSA) is 0 Å². The van der Waals surface area contributed by atoms with Gasteiger partial charge < -0.3 is 0 Å². The number of rotatable bonds is 5. The van der Waals surface area contributed by atoms with Crippen LogP contribution in [0, 0.1) is 0 Å². The second kappa shape index (κ2) is 7.84. The van der Waals surface area contributed by atoms with Crippen molar-refractivity contribution in [3.05, 3.63) is 144 Å². The van der Waals surface area contributed by atoms with E-state index < -0.39 is 11.8 Å². The molecule has 0 nitrogen and oxygen atoms in total. The Morgan fingerprint density at radius 3 is 0.731 bits per heavy atom. The second-order valence-corrected chi connectivity index (χ2v) is 6.21. The zero-order valence-electron chi connectivity index (χ0n) is 16.5. The lowest BCUT2D eigenvalue weighted by Gasteiger charge is -2.29. The Balaban J connectivity index is 2.09. The molecule has 0 N–H and O–H groups in total. The van der Waals surface area contributed by atoms with E-state index in [-0.39, 0.29) is 0 Å². The third-order valence-corrected chi connectivity index (χ3v) is 4.50. The molecule has 126 valence electrons. The fourth-order valence-corrected chi connectivity index (χ4v) is 3.33. The van der Waals surface area contributed by atoms with E-state index in [0.717, 1.165) is 22.3 Å². The van der Waals surface area contributed by atoms with Crippen molar-refractivity contribution in [3.63, 3.8) is 0 Å². The molecule has 0 amide bonds. The predicted molar refractivity (Wildman–Crippen MR) is 109 cm³/mol. The van der Waals surface area contributed by atoms with Crippen molar-refractivity contribution in [2.24, 2.45) is 0 Å². The van der Waals surface area contributed by atoms with Crippen LogP contribution in [0.4, 0.5) is 0 Å². The lowest BCUT2D eigenvalue weighted by molar-refractivity contribution is 0.694. The summed E-state index contributed by atoms with van der Waals surface area (Å²) in [5, 5.41) is 0. The molecule has 0 unspecified atom stereocenters. The summed E-state index contributed by atoms with van der Waals surface area (Å²) in [5.41, 5.74) is 3.18. The normalized spacial score (nSPS) is 12.9. The van der Waals surface area contributed by atoms with Gasteiger partial charge in [0.15, 0.2) is 0 Å². The Morgan fingerprint density at radius 2 is 0.538 bits per heavy atom. The van der Waals surface area contributed by atoms with Crippen LogP contribution >= 0.6 is 0 Å². The molecule has 0 aliphatic rings. The minimum atomic E-state index is -1.34. The molecule has 4 aromatic rings. The van der Waals surface area contributed by atoms with E-state index in [0.29, 0.717) is 0 Å². The average Bonchev–Trinajstić information content (AvgIpc) is 2.80. The molecule has 0 radical (unpaired) electrons. The summed E-state index contributed by atoms with van der Waals surface area (Å²) >= 11 is 0. The SMILES string of the molecule is [2H]C(c1ccccc1)(c1ccccc1)C([2H])(c1ccccc1)c1ccccc1. The molecule has 4 rings (SSSR count). The van der Waals surface area contributed by atoms with Gasteiger partial charge in [0.05, 0.1) is 0 Å². The maximum Gasteiger partial charge on any atom is 0.0412 e. The van der Waals surface area contributed by atoms with Crippen molar-refractivity contribution in [1.29, 1.82) is 0 Å². The van der Waals surface area contributed by atoms with Crippen molar-refractivity contribution in [1.82, 2.24) is 0 Å². The quantitative estimate of drug-likeness (QED) is 0.383. The lowest BCUT2D eigenvalue weighted by atomic mass is 9.74. The van der Waals surface area contributed by atoms with Crippen molar-refractivity contribution < 1.29 is 2.74 Å². The summed E-state index contributed by atoms with van der Waals surface area (Å²) in [6.07, 6.45) is 0. The standard InChI is InChI=1S/C26H22/c1-5-13-21(14-6-1)25(22-15-7-2-8-16-22)26(23-17-9-3-10-18-23)24-19-11-4-12-20-24/h1-20,25-26H/i25D,26D. The van der Waals surface area contributed by atoms with Gasteiger partial charge in [-0.3, -0.25) is 0 Å². The largest absolute Gasteiger partial charge is 0.0622 e. The van der Waals surface area contributed by atoms with Crippen LogP contribution in [-0.4, -0.2) is 0 Å². The summed E-state index contributed by atoms with van der Waals surface area (Å²) in [6.45, 7) is 0. The summed E-state index contributed by atoms with van der Waals surface area (Å²) in [4.78, 5) is 0. The molecule has 0 heterocycles. The molecule has 0 heteroatoms. The number of hydrogen-bond donors (Lipinski definition) is 0. The van der Waals surface area contributed by atoms with Crippen LogP contribution < -0.4 is 0 Å². The third kappa shape index (κ3) is 3.45. The van der Waals surface area contributed by atoms with Crippen LogP contribution in [0.25, 0.3) is 0 Å². The lowest BCUT2D eigenvalue weighted by Crippen LogP contribution is -2.14. The fourth-order valence-electron chi connectivity index (χ4n) is 3.33. The molecule has 0 aliphatic heterocycles. The second-order valence-electron chi connectivity index (χ2n) is 6.21. The monoisotopic (exact) mass is 336 g/mol. The van der Waals surface area contributed by atoms with E-state index in [2.05, 4.69) is 0 Å². The van der Waals surface area contributed by atoms with Gasteiger partial charge in [-0.1, -0.05) is 121 Å². The summed E-state index contributed by atoms with van der Waals surface area (Å²) in [6, 6.07) is 39.0. The van der Waals surface area contributed by atoms with Crippen LogP contribution in [-0.2, 0) is 0 Å². The van der Waals surface area contributed by atoms with E-state index in [1.165, 1.54) is 0 Å². The Kier molecular flexibility index (Phi) is 4.25. The first-order valence-corrected chi connectivity index (χ1v) is 8.89. The van der Waals surface area contributed by atoms with Gasteiger partial charge in [-0.2, -0.15) is 0 Å². The van der Waals surface area contributed by atoms with Crippen molar-refractivity contribution in [3.8, 4) is 0 Å². The molecule has 0 aliphatic carbocycles. The highest BCUT2D eigenvalue weighted by atomic mass is 14.3. The smallest absolute Gasteiger partial charge is 0.0412 e. The highest BCUT2D eigenvalue weighted by Crippen LogP contribution is 2.42. The van der Waals surface area contributed by atoms with Crippen molar-refractivity contribution >= 4 is 0 Å². The van der Waals surface area contributed by atoms with Crippen LogP contribution in [0.5, 0.6) is 0 Å². The van der Waals surface area contributed by atoms with Crippen LogP contribution in [0.15, 0.2) is 121 Å². The van der Waals surface area contributed by atoms with Gasteiger partial charge in [-0.25, -0.2) is 0 Å². The minimum Gasteiger partial charge on any atom is -0.0622 e. The van der Waals surface area contributed by atoms with Crippen LogP contribution in [0.2, 0.25) is 0 Å². The summed E-state index contributed by atoms with van der Waals surface area (Å²) in [5.74, 6) is -2.67. The van der Waals surface area contributed by atoms with Gasteiger partial charge in [0.2, 0.25) is 0 Å². The molecule has 0 atom stereocenters. The third-order valence-electron chi connectivity index (χ3n) is 4.50. The van der Waals surface area contributed by atoms with E-state index in [9.17, 15) is 2.74 Å². The maximum atomic E-state index is 9.84. The molecular weight excluding hydrogens is 312 g/mol. The van der Waals surface area contributed by atoms with Crippen molar-refractivity contribution in [2.45, 2.75) is 11.8 Å². The molecule has 0 spiro atoms. The predicted octanol–water partition coefficient (Wildman–Crippen LogP) is 6.65. The zero-order valence-corrected chi connectivity index (χ0v) is 14.5. The van der Waals surface area contributed by atoms with E-state index in [1.54, 1.807) is 0 Å². The van der Waals surface area contributed by atoms with Gasteiger partial charge >= 0.3 is 0 Å². The summed E-state index contributed by atoms with van der Waals surface area (Å²) in [7, 11) is 0. The minimum absolute atomic E-state index is 0.795. The highest BCUT2D eigenvalue weighted by Gasteiger charge is 2.27. The maximum absolute atomic E-state index is 9.84. The fraction of sp³-hybridized carbons (Fsp3) is 0.0769. The van der Waals surface area contributed by atoms with Gasteiger partial charge in [0, 0.05) is 14.5 Å². The van der Waals surface area contributed by atoms with E-state index in [4.69, 9.17) is 0 Å². The van der Waals surface area contributed by atoms with E-state index >= 15 is 0 Å².